The van der Waals surface area contributed by atoms with Gasteiger partial charge in [0.15, 0.2) is 0 Å². The lowest BCUT2D eigenvalue weighted by atomic mass is 10.0. The number of hydrogen-bond donors (Lipinski definition) is 1. The molecule has 0 heterocycles. The number of methoxy groups -OCH3 is 2. The normalized spacial score (nSPS) is 13.1. The summed E-state index contributed by atoms with van der Waals surface area (Å²) in [6, 6.07) is 2.74. The molecule has 0 saturated heterocycles. The second-order valence-corrected chi connectivity index (χ2v) is 4.69. The average Bonchev–Trinajstić information content (AvgIpc) is 2.48. The van der Waals surface area contributed by atoms with E-state index in [9.17, 15) is 8.78 Å². The number of benzene rings is 1. The average molecular weight is 303 g/mol. The van der Waals surface area contributed by atoms with Crippen molar-refractivity contribution in [2.24, 2.45) is 5.73 Å². The Labute approximate surface area is 124 Å². The van der Waals surface area contributed by atoms with Crippen LogP contribution in [0.4, 0.5) is 8.78 Å². The third-order valence-corrected chi connectivity index (χ3v) is 3.26. The molecule has 6 heteroatoms. The van der Waals surface area contributed by atoms with Crippen LogP contribution in [0.1, 0.15) is 31.4 Å². The highest BCUT2D eigenvalue weighted by molar-refractivity contribution is 5.48. The summed E-state index contributed by atoms with van der Waals surface area (Å²) >= 11 is 0. The number of hydrogen-bond acceptors (Lipinski definition) is 4. The number of ether oxygens (including phenoxy) is 3. The molecule has 0 amide bonds. The molecule has 1 aromatic carbocycles. The summed E-state index contributed by atoms with van der Waals surface area (Å²) in [5.41, 5.74) is 6.33. The lowest BCUT2D eigenvalue weighted by Gasteiger charge is -2.21. The summed E-state index contributed by atoms with van der Waals surface area (Å²) in [4.78, 5) is 0. The second kappa shape index (κ2) is 7.56. The van der Waals surface area contributed by atoms with Crippen molar-refractivity contribution in [2.75, 3.05) is 20.8 Å². The van der Waals surface area contributed by atoms with Gasteiger partial charge in [-0.05, 0) is 37.5 Å². The minimum Gasteiger partial charge on any atom is -0.496 e. The zero-order valence-corrected chi connectivity index (χ0v) is 12.9. The SMILES string of the molecule is CCOc1cc(C(F)(F)OC)c(OC)cc1CC(N)CC. The first-order valence-corrected chi connectivity index (χ1v) is 6.92. The summed E-state index contributed by atoms with van der Waals surface area (Å²) in [6.07, 6.45) is -2.13. The summed E-state index contributed by atoms with van der Waals surface area (Å²) in [5.74, 6) is 0.442. The molecule has 0 aromatic heterocycles. The molecule has 0 spiro atoms. The molecule has 1 aromatic rings. The third-order valence-electron chi connectivity index (χ3n) is 3.26. The smallest absolute Gasteiger partial charge is 0.386 e. The number of alkyl halides is 2. The molecule has 0 bridgehead atoms. The van der Waals surface area contributed by atoms with E-state index in [4.69, 9.17) is 15.2 Å². The molecule has 1 atom stereocenters. The van der Waals surface area contributed by atoms with E-state index in [1.807, 2.05) is 6.92 Å². The molecule has 0 aliphatic heterocycles. The molecule has 0 fully saturated rings. The Morgan fingerprint density at radius 1 is 1.19 bits per heavy atom. The van der Waals surface area contributed by atoms with Crippen molar-refractivity contribution in [1.29, 1.82) is 0 Å². The predicted molar refractivity (Wildman–Crippen MR) is 77.0 cm³/mol. The maximum atomic E-state index is 13.8. The van der Waals surface area contributed by atoms with Gasteiger partial charge < -0.3 is 19.9 Å². The maximum Gasteiger partial charge on any atom is 0.386 e. The van der Waals surface area contributed by atoms with Crippen LogP contribution in [0.25, 0.3) is 0 Å². The van der Waals surface area contributed by atoms with Crippen molar-refractivity contribution in [1.82, 2.24) is 0 Å². The molecule has 0 aliphatic rings. The summed E-state index contributed by atoms with van der Waals surface area (Å²) in [5, 5.41) is 0. The first-order chi connectivity index (χ1) is 9.89. The Morgan fingerprint density at radius 3 is 2.33 bits per heavy atom. The molecule has 1 rings (SSSR count). The number of halogens is 2. The fourth-order valence-electron chi connectivity index (χ4n) is 1.98. The Morgan fingerprint density at radius 2 is 1.86 bits per heavy atom. The van der Waals surface area contributed by atoms with Gasteiger partial charge in [0.25, 0.3) is 0 Å². The van der Waals surface area contributed by atoms with Crippen LogP contribution in [0.2, 0.25) is 0 Å². The fourth-order valence-corrected chi connectivity index (χ4v) is 1.98. The van der Waals surface area contributed by atoms with E-state index in [-0.39, 0.29) is 17.4 Å². The highest BCUT2D eigenvalue weighted by atomic mass is 19.3. The van der Waals surface area contributed by atoms with Crippen LogP contribution in [0, 0.1) is 0 Å². The van der Waals surface area contributed by atoms with E-state index >= 15 is 0 Å². The zero-order chi connectivity index (χ0) is 16.0. The molecule has 21 heavy (non-hydrogen) atoms. The molecule has 0 saturated carbocycles. The standard InChI is InChI=1S/C15H23F2NO3/c1-5-11(18)7-10-8-14(19-3)12(15(16,17)20-4)9-13(10)21-6-2/h8-9,11H,5-7,18H2,1-4H3. The van der Waals surface area contributed by atoms with E-state index in [2.05, 4.69) is 4.74 Å². The molecule has 0 aliphatic carbocycles. The van der Waals surface area contributed by atoms with Crippen LogP contribution in [0.5, 0.6) is 11.5 Å². The van der Waals surface area contributed by atoms with Gasteiger partial charge in [0.05, 0.1) is 19.3 Å². The van der Waals surface area contributed by atoms with Gasteiger partial charge in [-0.15, -0.1) is 0 Å². The van der Waals surface area contributed by atoms with Crippen molar-refractivity contribution in [3.8, 4) is 11.5 Å². The van der Waals surface area contributed by atoms with Crippen LogP contribution < -0.4 is 15.2 Å². The topological polar surface area (TPSA) is 53.7 Å². The van der Waals surface area contributed by atoms with Crippen LogP contribution in [-0.4, -0.2) is 26.9 Å². The quantitative estimate of drug-likeness (QED) is 0.802. The summed E-state index contributed by atoms with van der Waals surface area (Å²) in [7, 11) is 2.29. The van der Waals surface area contributed by atoms with E-state index in [0.29, 0.717) is 18.8 Å². The van der Waals surface area contributed by atoms with Crippen molar-refractivity contribution >= 4 is 0 Å². The van der Waals surface area contributed by atoms with Crippen molar-refractivity contribution in [3.63, 3.8) is 0 Å². The van der Waals surface area contributed by atoms with Crippen LogP contribution >= 0.6 is 0 Å². The molecule has 120 valence electrons. The van der Waals surface area contributed by atoms with Crippen LogP contribution in [-0.2, 0) is 17.3 Å². The van der Waals surface area contributed by atoms with E-state index in [1.165, 1.54) is 13.2 Å². The minimum atomic E-state index is -3.44. The minimum absolute atomic E-state index is 0.0589. The Hall–Kier alpha value is -1.40. The van der Waals surface area contributed by atoms with E-state index < -0.39 is 6.11 Å². The van der Waals surface area contributed by atoms with Gasteiger partial charge in [-0.1, -0.05) is 6.92 Å². The van der Waals surface area contributed by atoms with Gasteiger partial charge >= 0.3 is 6.11 Å². The van der Waals surface area contributed by atoms with Crippen molar-refractivity contribution in [2.45, 2.75) is 38.8 Å². The Balaban J connectivity index is 3.33. The van der Waals surface area contributed by atoms with E-state index in [1.54, 1.807) is 13.0 Å². The first kappa shape index (κ1) is 17.7. The maximum absolute atomic E-state index is 13.8. The monoisotopic (exact) mass is 303 g/mol. The largest absolute Gasteiger partial charge is 0.496 e. The fraction of sp³-hybridized carbons (Fsp3) is 0.600. The van der Waals surface area contributed by atoms with Gasteiger partial charge in [0.1, 0.15) is 11.5 Å². The number of rotatable bonds is 8. The highest BCUT2D eigenvalue weighted by Crippen LogP contribution is 2.40. The number of nitrogens with two attached hydrogens (primary N) is 1. The summed E-state index contributed by atoms with van der Waals surface area (Å²) in [6.45, 7) is 4.14. The van der Waals surface area contributed by atoms with Gasteiger partial charge in [-0.2, -0.15) is 8.78 Å². The molecular formula is C15H23F2NO3. The van der Waals surface area contributed by atoms with Crippen LogP contribution in [0.15, 0.2) is 12.1 Å². The lowest BCUT2D eigenvalue weighted by molar-refractivity contribution is -0.232. The molecule has 4 nitrogen and oxygen atoms in total. The molecule has 2 N–H and O–H groups in total. The van der Waals surface area contributed by atoms with Crippen LogP contribution in [0.3, 0.4) is 0 Å². The van der Waals surface area contributed by atoms with Gasteiger partial charge in [0.2, 0.25) is 0 Å². The predicted octanol–water partition coefficient (Wildman–Crippen LogP) is 3.07. The molecule has 0 radical (unpaired) electrons. The Bertz CT molecular complexity index is 466. The summed E-state index contributed by atoms with van der Waals surface area (Å²) < 4.78 is 42.4. The Kier molecular flexibility index (Phi) is 6.36. The lowest BCUT2D eigenvalue weighted by Crippen LogP contribution is -2.22. The zero-order valence-electron chi connectivity index (χ0n) is 12.9. The first-order valence-electron chi connectivity index (χ1n) is 6.92. The van der Waals surface area contributed by atoms with Crippen molar-refractivity contribution in [3.05, 3.63) is 23.3 Å². The highest BCUT2D eigenvalue weighted by Gasteiger charge is 2.36. The third kappa shape index (κ3) is 4.28. The van der Waals surface area contributed by atoms with E-state index in [0.717, 1.165) is 19.1 Å². The van der Waals surface area contributed by atoms with Gasteiger partial charge in [0, 0.05) is 13.2 Å². The van der Waals surface area contributed by atoms with Crippen molar-refractivity contribution < 1.29 is 23.0 Å². The van der Waals surface area contributed by atoms with Gasteiger partial charge in [-0.3, -0.25) is 0 Å². The van der Waals surface area contributed by atoms with Gasteiger partial charge in [-0.25, -0.2) is 0 Å². The second-order valence-electron chi connectivity index (χ2n) is 4.69. The molecule has 1 unspecified atom stereocenters. The molecular weight excluding hydrogens is 280 g/mol.